The smallest absolute Gasteiger partial charge is 0.0962 e. The fourth-order valence-electron chi connectivity index (χ4n) is 2.49. The number of aromatic nitrogens is 2. The Morgan fingerprint density at radius 2 is 1.90 bits per heavy atom. The maximum Gasteiger partial charge on any atom is 0.0962 e. The highest BCUT2D eigenvalue weighted by atomic mass is 15.0. The minimum absolute atomic E-state index is 1.05. The van der Waals surface area contributed by atoms with Gasteiger partial charge < -0.3 is 4.57 Å². The lowest BCUT2D eigenvalue weighted by atomic mass is 10.0. The highest BCUT2D eigenvalue weighted by Gasteiger charge is 2.13. The standard InChI is InChI=1S/C18H18N2/c1-20-14-19-17(15-10-8-5-9-11-15)18(20)16-12-6-3-2-4-7-13-16/h2-3,5-6,8-14H,4,7H2,1H3/b3-2+,12-6-,16-13+. The predicted octanol–water partition coefficient (Wildman–Crippen LogP) is 4.38. The third kappa shape index (κ3) is 2.50. The van der Waals surface area contributed by atoms with Gasteiger partial charge in [0.25, 0.3) is 0 Å². The Labute approximate surface area is 119 Å². The van der Waals surface area contributed by atoms with Gasteiger partial charge in [-0.15, -0.1) is 0 Å². The average molecular weight is 262 g/mol. The molecule has 1 aliphatic rings. The molecular formula is C18H18N2. The van der Waals surface area contributed by atoms with E-state index in [1.165, 1.54) is 11.3 Å². The normalized spacial score (nSPS) is 20.6. The first-order valence-corrected chi connectivity index (χ1v) is 6.97. The number of hydrogen-bond donors (Lipinski definition) is 0. The summed E-state index contributed by atoms with van der Waals surface area (Å²) in [6, 6.07) is 10.4. The third-order valence-corrected chi connectivity index (χ3v) is 3.48. The molecule has 2 heteroatoms. The van der Waals surface area contributed by atoms with E-state index in [1.54, 1.807) is 0 Å². The van der Waals surface area contributed by atoms with E-state index in [-0.39, 0.29) is 0 Å². The number of allylic oxidation sites excluding steroid dienone is 6. The Morgan fingerprint density at radius 3 is 2.75 bits per heavy atom. The van der Waals surface area contributed by atoms with Crippen LogP contribution in [-0.2, 0) is 7.05 Å². The van der Waals surface area contributed by atoms with Gasteiger partial charge in [-0.1, -0.05) is 60.7 Å². The number of imidazole rings is 1. The van der Waals surface area contributed by atoms with Gasteiger partial charge in [0.1, 0.15) is 0 Å². The molecule has 0 unspecified atom stereocenters. The Bertz CT molecular complexity index is 673. The second-order valence-corrected chi connectivity index (χ2v) is 4.94. The highest BCUT2D eigenvalue weighted by molar-refractivity contribution is 5.82. The molecule has 0 N–H and O–H groups in total. The van der Waals surface area contributed by atoms with Crippen molar-refractivity contribution < 1.29 is 0 Å². The van der Waals surface area contributed by atoms with Crippen LogP contribution >= 0.6 is 0 Å². The molecular weight excluding hydrogens is 244 g/mol. The van der Waals surface area contributed by atoms with Gasteiger partial charge in [0.15, 0.2) is 0 Å². The van der Waals surface area contributed by atoms with Crippen molar-refractivity contribution in [3.8, 4) is 11.3 Å². The zero-order valence-electron chi connectivity index (χ0n) is 11.7. The fraction of sp³-hybridized carbons (Fsp3) is 0.167. The molecule has 0 aliphatic heterocycles. The van der Waals surface area contributed by atoms with Gasteiger partial charge in [-0.2, -0.15) is 0 Å². The lowest BCUT2D eigenvalue weighted by Gasteiger charge is -2.09. The van der Waals surface area contributed by atoms with Crippen molar-refractivity contribution in [2.75, 3.05) is 0 Å². The van der Waals surface area contributed by atoms with Crippen LogP contribution in [0, 0.1) is 0 Å². The van der Waals surface area contributed by atoms with Crippen LogP contribution in [0.5, 0.6) is 0 Å². The van der Waals surface area contributed by atoms with Crippen molar-refractivity contribution >= 4 is 5.57 Å². The van der Waals surface area contributed by atoms with Gasteiger partial charge in [-0.25, -0.2) is 4.98 Å². The van der Waals surface area contributed by atoms with Crippen LogP contribution in [0.4, 0.5) is 0 Å². The predicted molar refractivity (Wildman–Crippen MR) is 84.1 cm³/mol. The van der Waals surface area contributed by atoms with Crippen LogP contribution in [0.2, 0.25) is 0 Å². The molecule has 1 aliphatic carbocycles. The summed E-state index contributed by atoms with van der Waals surface area (Å²) in [5.41, 5.74) is 4.64. The molecule has 0 spiro atoms. The molecule has 0 saturated heterocycles. The summed E-state index contributed by atoms with van der Waals surface area (Å²) in [5, 5.41) is 0. The van der Waals surface area contributed by atoms with Crippen molar-refractivity contribution in [3.05, 3.63) is 72.7 Å². The van der Waals surface area contributed by atoms with Crippen molar-refractivity contribution in [3.63, 3.8) is 0 Å². The molecule has 20 heavy (non-hydrogen) atoms. The third-order valence-electron chi connectivity index (χ3n) is 3.48. The average Bonchev–Trinajstić information content (AvgIpc) is 2.82. The van der Waals surface area contributed by atoms with E-state index in [1.807, 2.05) is 12.4 Å². The number of hydrogen-bond acceptors (Lipinski definition) is 1. The Hall–Kier alpha value is -2.35. The molecule has 0 amide bonds. The number of aryl methyl sites for hydroxylation is 1. The van der Waals surface area contributed by atoms with E-state index < -0.39 is 0 Å². The summed E-state index contributed by atoms with van der Waals surface area (Å²) >= 11 is 0. The first-order chi connectivity index (χ1) is 9.86. The van der Waals surface area contributed by atoms with Crippen LogP contribution in [0.3, 0.4) is 0 Å². The van der Waals surface area contributed by atoms with Gasteiger partial charge >= 0.3 is 0 Å². The number of rotatable bonds is 2. The number of nitrogens with zero attached hydrogens (tertiary/aromatic N) is 2. The Balaban J connectivity index is 2.10. The molecule has 1 aromatic carbocycles. The van der Waals surface area contributed by atoms with E-state index >= 15 is 0 Å². The molecule has 0 bridgehead atoms. The molecule has 3 rings (SSSR count). The van der Waals surface area contributed by atoms with E-state index in [0.717, 1.165) is 24.1 Å². The van der Waals surface area contributed by atoms with Crippen LogP contribution < -0.4 is 0 Å². The summed E-state index contributed by atoms with van der Waals surface area (Å²) in [5.74, 6) is 0. The highest BCUT2D eigenvalue weighted by Crippen LogP contribution is 2.29. The minimum Gasteiger partial charge on any atom is -0.333 e. The van der Waals surface area contributed by atoms with Gasteiger partial charge in [-0.3, -0.25) is 0 Å². The summed E-state index contributed by atoms with van der Waals surface area (Å²) in [4.78, 5) is 4.59. The van der Waals surface area contributed by atoms with E-state index in [2.05, 4.69) is 71.2 Å². The van der Waals surface area contributed by atoms with Gasteiger partial charge in [0.05, 0.1) is 17.7 Å². The van der Waals surface area contributed by atoms with Crippen LogP contribution in [0.15, 0.2) is 67.0 Å². The van der Waals surface area contributed by atoms with Crippen LogP contribution in [0.1, 0.15) is 18.5 Å². The largest absolute Gasteiger partial charge is 0.333 e. The van der Waals surface area contributed by atoms with Crippen LogP contribution in [0.25, 0.3) is 16.8 Å². The lowest BCUT2D eigenvalue weighted by molar-refractivity contribution is 0.897. The zero-order valence-corrected chi connectivity index (χ0v) is 11.7. The topological polar surface area (TPSA) is 17.8 Å². The maximum absolute atomic E-state index is 4.59. The quantitative estimate of drug-likeness (QED) is 0.785. The van der Waals surface area contributed by atoms with Crippen molar-refractivity contribution in [1.82, 2.24) is 9.55 Å². The zero-order chi connectivity index (χ0) is 13.8. The molecule has 1 aromatic heterocycles. The molecule has 0 atom stereocenters. The summed E-state index contributed by atoms with van der Waals surface area (Å²) in [7, 11) is 2.05. The molecule has 1 heterocycles. The van der Waals surface area contributed by atoms with Gasteiger partial charge in [-0.05, 0) is 18.4 Å². The minimum atomic E-state index is 1.05. The monoisotopic (exact) mass is 262 g/mol. The molecule has 0 fully saturated rings. The van der Waals surface area contributed by atoms with E-state index in [4.69, 9.17) is 0 Å². The van der Waals surface area contributed by atoms with Crippen LogP contribution in [-0.4, -0.2) is 9.55 Å². The van der Waals surface area contributed by atoms with E-state index in [9.17, 15) is 0 Å². The summed E-state index contributed by atoms with van der Waals surface area (Å²) in [6.45, 7) is 0. The SMILES string of the molecule is Cn1cnc(-c2ccccc2)c1C1=C/CC/C=C/C=C\1. The molecule has 2 aromatic rings. The van der Waals surface area contributed by atoms with E-state index in [0.29, 0.717) is 0 Å². The second kappa shape index (κ2) is 5.74. The molecule has 0 radical (unpaired) electrons. The summed E-state index contributed by atoms with van der Waals surface area (Å²) in [6.07, 6.45) is 14.9. The van der Waals surface area contributed by atoms with Crippen molar-refractivity contribution in [1.29, 1.82) is 0 Å². The fourth-order valence-corrected chi connectivity index (χ4v) is 2.49. The molecule has 0 saturated carbocycles. The maximum atomic E-state index is 4.59. The van der Waals surface area contributed by atoms with Gasteiger partial charge in [0, 0.05) is 12.6 Å². The van der Waals surface area contributed by atoms with Gasteiger partial charge in [0.2, 0.25) is 0 Å². The first-order valence-electron chi connectivity index (χ1n) is 6.97. The summed E-state index contributed by atoms with van der Waals surface area (Å²) < 4.78 is 2.10. The lowest BCUT2D eigenvalue weighted by Crippen LogP contribution is -1.96. The Morgan fingerprint density at radius 1 is 1.05 bits per heavy atom. The number of benzene rings is 1. The van der Waals surface area contributed by atoms with Crippen molar-refractivity contribution in [2.45, 2.75) is 12.8 Å². The molecule has 100 valence electrons. The molecule has 2 nitrogen and oxygen atoms in total. The first kappa shape index (κ1) is 12.7. The van der Waals surface area contributed by atoms with Crippen molar-refractivity contribution in [2.24, 2.45) is 7.05 Å². The Kier molecular flexibility index (Phi) is 3.64. The second-order valence-electron chi connectivity index (χ2n) is 4.94.